The molecule has 1 aliphatic rings. The molecule has 1 saturated carbocycles. The molecule has 5 nitrogen and oxygen atoms in total. The van der Waals surface area contributed by atoms with Gasteiger partial charge >= 0.3 is 0 Å². The summed E-state index contributed by atoms with van der Waals surface area (Å²) in [6.07, 6.45) is 5.11. The van der Waals surface area contributed by atoms with Crippen molar-refractivity contribution in [3.05, 3.63) is 36.3 Å². The number of rotatable bonds is 6. The summed E-state index contributed by atoms with van der Waals surface area (Å²) >= 11 is 0. The summed E-state index contributed by atoms with van der Waals surface area (Å²) in [6, 6.07) is 7.11. The molecule has 4 N–H and O–H groups in total. The van der Waals surface area contributed by atoms with Crippen LogP contribution in [0.5, 0.6) is 5.75 Å². The van der Waals surface area contributed by atoms with Crippen LogP contribution in [0.4, 0.5) is 5.69 Å². The van der Waals surface area contributed by atoms with E-state index in [-0.39, 0.29) is 5.75 Å². The molecule has 1 heterocycles. The van der Waals surface area contributed by atoms with E-state index in [1.54, 1.807) is 12.1 Å². The summed E-state index contributed by atoms with van der Waals surface area (Å²) in [6.45, 7) is 1.45. The van der Waals surface area contributed by atoms with Gasteiger partial charge in [-0.05, 0) is 50.1 Å². The van der Waals surface area contributed by atoms with Crippen molar-refractivity contribution in [2.24, 2.45) is 5.73 Å². The minimum Gasteiger partial charge on any atom is -0.508 e. The van der Waals surface area contributed by atoms with Crippen molar-refractivity contribution in [3.63, 3.8) is 0 Å². The highest BCUT2D eigenvalue weighted by Gasteiger charge is 2.27. The lowest BCUT2D eigenvalue weighted by atomic mass is 10.1. The van der Waals surface area contributed by atoms with Crippen LogP contribution in [0.2, 0.25) is 0 Å². The van der Waals surface area contributed by atoms with Gasteiger partial charge in [0.1, 0.15) is 11.6 Å². The Bertz CT molecular complexity index is 608. The van der Waals surface area contributed by atoms with Gasteiger partial charge in [0.05, 0.1) is 17.6 Å². The molecular weight excluding hydrogens is 264 g/mol. The first-order valence-corrected chi connectivity index (χ1v) is 7.38. The Hall–Kier alpha value is -2.14. The Morgan fingerprint density at radius 2 is 2.00 bits per heavy atom. The Labute approximate surface area is 124 Å². The van der Waals surface area contributed by atoms with Gasteiger partial charge in [0.15, 0.2) is 0 Å². The SMILES string of the molecule is NCCCNc1cnc(C2CC2)nc1-c1ccc(O)cc1. The van der Waals surface area contributed by atoms with Crippen molar-refractivity contribution in [3.8, 4) is 17.0 Å². The largest absolute Gasteiger partial charge is 0.508 e. The zero-order valence-electron chi connectivity index (χ0n) is 11.9. The third-order valence-electron chi connectivity index (χ3n) is 3.59. The van der Waals surface area contributed by atoms with Gasteiger partial charge < -0.3 is 16.2 Å². The van der Waals surface area contributed by atoms with Gasteiger partial charge in [0, 0.05) is 18.0 Å². The van der Waals surface area contributed by atoms with E-state index in [0.717, 1.165) is 35.7 Å². The standard InChI is InChI=1S/C16H20N4O/c17-8-1-9-18-14-10-19-16(12-2-3-12)20-15(14)11-4-6-13(21)7-5-11/h4-7,10,12,18,21H,1-3,8-9,17H2. The molecule has 21 heavy (non-hydrogen) atoms. The lowest BCUT2D eigenvalue weighted by Gasteiger charge is -2.12. The smallest absolute Gasteiger partial charge is 0.132 e. The number of nitrogens with zero attached hydrogens (tertiary/aromatic N) is 2. The van der Waals surface area contributed by atoms with Crippen LogP contribution < -0.4 is 11.1 Å². The van der Waals surface area contributed by atoms with Crippen LogP contribution >= 0.6 is 0 Å². The average molecular weight is 284 g/mol. The number of hydrogen-bond acceptors (Lipinski definition) is 5. The quantitative estimate of drug-likeness (QED) is 0.710. The molecule has 3 rings (SSSR count). The number of nitrogens with one attached hydrogen (secondary N) is 1. The highest BCUT2D eigenvalue weighted by atomic mass is 16.3. The number of benzene rings is 1. The molecule has 0 bridgehead atoms. The summed E-state index contributed by atoms with van der Waals surface area (Å²) in [5.74, 6) is 1.69. The molecule has 1 aromatic heterocycles. The van der Waals surface area contributed by atoms with Gasteiger partial charge in [-0.15, -0.1) is 0 Å². The summed E-state index contributed by atoms with van der Waals surface area (Å²) in [5.41, 5.74) is 8.32. The number of nitrogens with two attached hydrogens (primary N) is 1. The van der Waals surface area contributed by atoms with Crippen molar-refractivity contribution in [1.29, 1.82) is 0 Å². The predicted molar refractivity (Wildman–Crippen MR) is 83.3 cm³/mol. The lowest BCUT2D eigenvalue weighted by Crippen LogP contribution is -2.10. The number of phenolic OH excluding ortho intramolecular Hbond substituents is 1. The first kappa shape index (κ1) is 13.8. The molecule has 0 saturated heterocycles. The van der Waals surface area contributed by atoms with E-state index in [2.05, 4.69) is 10.3 Å². The maximum Gasteiger partial charge on any atom is 0.132 e. The zero-order chi connectivity index (χ0) is 14.7. The number of hydrogen-bond donors (Lipinski definition) is 3. The second-order valence-corrected chi connectivity index (χ2v) is 5.38. The number of phenols is 1. The monoisotopic (exact) mass is 284 g/mol. The Morgan fingerprint density at radius 1 is 1.24 bits per heavy atom. The molecule has 0 unspecified atom stereocenters. The van der Waals surface area contributed by atoms with E-state index >= 15 is 0 Å². The van der Waals surface area contributed by atoms with Crippen LogP contribution in [0, 0.1) is 0 Å². The number of aromatic hydroxyl groups is 1. The van der Waals surface area contributed by atoms with Crippen LogP contribution in [0.15, 0.2) is 30.5 Å². The van der Waals surface area contributed by atoms with Crippen LogP contribution in [-0.2, 0) is 0 Å². The third-order valence-corrected chi connectivity index (χ3v) is 3.59. The molecule has 0 aliphatic heterocycles. The molecule has 5 heteroatoms. The van der Waals surface area contributed by atoms with Crippen molar-refractivity contribution < 1.29 is 5.11 Å². The molecule has 2 aromatic rings. The summed E-state index contributed by atoms with van der Waals surface area (Å²) in [4.78, 5) is 9.20. The fourth-order valence-electron chi connectivity index (χ4n) is 2.23. The zero-order valence-corrected chi connectivity index (χ0v) is 11.9. The fourth-order valence-corrected chi connectivity index (χ4v) is 2.23. The van der Waals surface area contributed by atoms with Crippen molar-refractivity contribution >= 4 is 5.69 Å². The number of aromatic nitrogens is 2. The summed E-state index contributed by atoms with van der Waals surface area (Å²) < 4.78 is 0. The second kappa shape index (κ2) is 6.10. The molecule has 1 aliphatic carbocycles. The molecule has 110 valence electrons. The Balaban J connectivity index is 1.92. The first-order chi connectivity index (χ1) is 10.3. The highest BCUT2D eigenvalue weighted by Crippen LogP contribution is 2.39. The summed E-state index contributed by atoms with van der Waals surface area (Å²) in [5, 5.41) is 12.8. The predicted octanol–water partition coefficient (Wildman–Crippen LogP) is 2.49. The number of anilines is 1. The van der Waals surface area contributed by atoms with Gasteiger partial charge in [-0.25, -0.2) is 9.97 Å². The van der Waals surface area contributed by atoms with Gasteiger partial charge in [0.25, 0.3) is 0 Å². The van der Waals surface area contributed by atoms with Crippen LogP contribution in [0.25, 0.3) is 11.3 Å². The van der Waals surface area contributed by atoms with E-state index < -0.39 is 0 Å². The van der Waals surface area contributed by atoms with E-state index in [1.165, 1.54) is 12.8 Å². The molecule has 0 atom stereocenters. The van der Waals surface area contributed by atoms with Gasteiger partial charge in [-0.2, -0.15) is 0 Å². The minimum atomic E-state index is 0.257. The maximum atomic E-state index is 9.44. The van der Waals surface area contributed by atoms with E-state index in [9.17, 15) is 5.11 Å². The molecule has 1 aromatic carbocycles. The van der Waals surface area contributed by atoms with E-state index in [0.29, 0.717) is 12.5 Å². The van der Waals surface area contributed by atoms with Gasteiger partial charge in [0.2, 0.25) is 0 Å². The molecule has 0 radical (unpaired) electrons. The van der Waals surface area contributed by atoms with Gasteiger partial charge in [-0.1, -0.05) is 0 Å². The fraction of sp³-hybridized carbons (Fsp3) is 0.375. The highest BCUT2D eigenvalue weighted by molar-refractivity contribution is 5.74. The molecule has 1 fully saturated rings. The normalized spacial score (nSPS) is 14.1. The van der Waals surface area contributed by atoms with Crippen molar-refractivity contribution in [2.75, 3.05) is 18.4 Å². The van der Waals surface area contributed by atoms with Gasteiger partial charge in [-0.3, -0.25) is 0 Å². The Kier molecular flexibility index (Phi) is 4.01. The first-order valence-electron chi connectivity index (χ1n) is 7.38. The van der Waals surface area contributed by atoms with E-state index in [4.69, 9.17) is 10.7 Å². The average Bonchev–Trinajstić information content (AvgIpc) is 3.33. The van der Waals surface area contributed by atoms with E-state index in [1.807, 2.05) is 18.3 Å². The van der Waals surface area contributed by atoms with Crippen LogP contribution in [0.3, 0.4) is 0 Å². The summed E-state index contributed by atoms with van der Waals surface area (Å²) in [7, 11) is 0. The van der Waals surface area contributed by atoms with Crippen molar-refractivity contribution in [2.45, 2.75) is 25.2 Å². The minimum absolute atomic E-state index is 0.257. The van der Waals surface area contributed by atoms with Crippen molar-refractivity contribution in [1.82, 2.24) is 9.97 Å². The maximum absolute atomic E-state index is 9.44. The van der Waals surface area contributed by atoms with Crippen LogP contribution in [-0.4, -0.2) is 28.2 Å². The van der Waals surface area contributed by atoms with Crippen LogP contribution in [0.1, 0.15) is 31.0 Å². The Morgan fingerprint density at radius 3 is 2.67 bits per heavy atom. The lowest BCUT2D eigenvalue weighted by molar-refractivity contribution is 0.475. The molecule has 0 amide bonds. The topological polar surface area (TPSA) is 84.1 Å². The second-order valence-electron chi connectivity index (χ2n) is 5.38. The molecular formula is C16H20N4O. The molecule has 0 spiro atoms. The third kappa shape index (κ3) is 3.31.